The van der Waals surface area contributed by atoms with Gasteiger partial charge in [0.1, 0.15) is 5.75 Å². The number of benzene rings is 2. The Labute approximate surface area is 158 Å². The fraction of sp³-hybridized carbons (Fsp3) is 0.200. The first kappa shape index (κ1) is 17.9. The van der Waals surface area contributed by atoms with E-state index >= 15 is 0 Å². The van der Waals surface area contributed by atoms with E-state index in [0.29, 0.717) is 5.75 Å². The number of carbonyl (C=O) groups excluding carboxylic acids is 1. The molecule has 0 aliphatic carbocycles. The molecule has 1 aliphatic heterocycles. The molecule has 1 aliphatic rings. The molecule has 2 N–H and O–H groups in total. The van der Waals surface area contributed by atoms with Crippen LogP contribution in [0.5, 0.6) is 5.75 Å². The average Bonchev–Trinajstić information content (AvgIpc) is 2.68. The van der Waals surface area contributed by atoms with Gasteiger partial charge in [-0.15, -0.1) is 0 Å². The molecule has 2 aromatic carbocycles. The summed E-state index contributed by atoms with van der Waals surface area (Å²) in [6.07, 6.45) is 5.45. The molecule has 1 amide bonds. The smallest absolute Gasteiger partial charge is 0.264 e. The minimum atomic E-state index is -0.303. The van der Waals surface area contributed by atoms with E-state index in [-0.39, 0.29) is 17.6 Å². The molecule has 0 saturated heterocycles. The van der Waals surface area contributed by atoms with Crippen LogP contribution in [0.15, 0.2) is 66.7 Å². The first-order valence-electron chi connectivity index (χ1n) is 8.49. The van der Waals surface area contributed by atoms with Crippen molar-refractivity contribution in [2.75, 3.05) is 29.9 Å². The molecule has 0 spiro atoms. The minimum absolute atomic E-state index is 0.0900. The van der Waals surface area contributed by atoms with E-state index in [4.69, 9.17) is 17.0 Å². The van der Waals surface area contributed by atoms with Gasteiger partial charge in [0.05, 0.1) is 0 Å². The van der Waals surface area contributed by atoms with Crippen molar-refractivity contribution in [1.82, 2.24) is 5.32 Å². The Morgan fingerprint density at radius 2 is 1.85 bits per heavy atom. The highest BCUT2D eigenvalue weighted by molar-refractivity contribution is 7.80. The van der Waals surface area contributed by atoms with Crippen molar-refractivity contribution in [3.8, 4) is 5.75 Å². The molecule has 0 fully saturated rings. The van der Waals surface area contributed by atoms with Crippen LogP contribution in [-0.2, 0) is 4.79 Å². The molecule has 26 heavy (non-hydrogen) atoms. The standard InChI is InChI=1S/C20H21N3O2S/c24-19(15-25-18-7-3-1-4-8-18)22-20(26)21-16-9-11-17(12-10-16)23-13-5-2-6-14-23/h1-5,7-12H,6,13-15H2,(H2,21,22,24,26). The van der Waals surface area contributed by atoms with Gasteiger partial charge in [-0.05, 0) is 55.0 Å². The van der Waals surface area contributed by atoms with Crippen LogP contribution in [-0.4, -0.2) is 30.7 Å². The molecule has 3 rings (SSSR count). The summed E-state index contributed by atoms with van der Waals surface area (Å²) in [6, 6.07) is 17.2. The van der Waals surface area contributed by atoms with Crippen LogP contribution < -0.4 is 20.3 Å². The van der Waals surface area contributed by atoms with Crippen LogP contribution >= 0.6 is 12.2 Å². The summed E-state index contributed by atoms with van der Waals surface area (Å²) < 4.78 is 5.39. The minimum Gasteiger partial charge on any atom is -0.484 e. The van der Waals surface area contributed by atoms with Gasteiger partial charge in [0.25, 0.3) is 5.91 Å². The molecule has 0 atom stereocenters. The number of para-hydroxylation sites is 1. The van der Waals surface area contributed by atoms with E-state index in [1.807, 2.05) is 42.5 Å². The molecule has 0 radical (unpaired) electrons. The molecule has 0 bridgehead atoms. The highest BCUT2D eigenvalue weighted by Gasteiger charge is 2.08. The maximum absolute atomic E-state index is 11.9. The number of rotatable bonds is 5. The second-order valence-electron chi connectivity index (χ2n) is 5.86. The highest BCUT2D eigenvalue weighted by Crippen LogP contribution is 2.19. The Morgan fingerprint density at radius 1 is 1.08 bits per heavy atom. The normalized spacial score (nSPS) is 13.2. The van der Waals surface area contributed by atoms with Crippen molar-refractivity contribution < 1.29 is 9.53 Å². The van der Waals surface area contributed by atoms with Gasteiger partial charge < -0.3 is 15.0 Å². The summed E-state index contributed by atoms with van der Waals surface area (Å²) >= 11 is 5.18. The van der Waals surface area contributed by atoms with Crippen molar-refractivity contribution in [1.29, 1.82) is 0 Å². The lowest BCUT2D eigenvalue weighted by Gasteiger charge is -2.25. The first-order valence-corrected chi connectivity index (χ1v) is 8.90. The van der Waals surface area contributed by atoms with Crippen molar-refractivity contribution in [3.63, 3.8) is 0 Å². The van der Waals surface area contributed by atoms with E-state index in [1.54, 1.807) is 12.1 Å². The van der Waals surface area contributed by atoms with E-state index in [2.05, 4.69) is 27.7 Å². The third kappa shape index (κ3) is 5.32. The lowest BCUT2D eigenvalue weighted by atomic mass is 10.2. The predicted octanol–water partition coefficient (Wildman–Crippen LogP) is 3.34. The first-order chi connectivity index (χ1) is 12.7. The second-order valence-corrected chi connectivity index (χ2v) is 6.27. The zero-order valence-electron chi connectivity index (χ0n) is 14.4. The van der Waals surface area contributed by atoms with Gasteiger partial charge >= 0.3 is 0 Å². The summed E-state index contributed by atoms with van der Waals surface area (Å²) in [4.78, 5) is 14.2. The maximum Gasteiger partial charge on any atom is 0.264 e. The summed E-state index contributed by atoms with van der Waals surface area (Å²) in [7, 11) is 0. The number of carbonyl (C=O) groups is 1. The fourth-order valence-corrected chi connectivity index (χ4v) is 2.85. The second kappa shape index (κ2) is 9.01. The van der Waals surface area contributed by atoms with Gasteiger partial charge in [0.2, 0.25) is 0 Å². The molecule has 2 aromatic rings. The number of nitrogens with one attached hydrogen (secondary N) is 2. The van der Waals surface area contributed by atoms with Crippen molar-refractivity contribution in [2.24, 2.45) is 0 Å². The van der Waals surface area contributed by atoms with Crippen LogP contribution in [0.3, 0.4) is 0 Å². The van der Waals surface area contributed by atoms with E-state index < -0.39 is 0 Å². The maximum atomic E-state index is 11.9. The monoisotopic (exact) mass is 367 g/mol. The van der Waals surface area contributed by atoms with Crippen LogP contribution in [0.2, 0.25) is 0 Å². The van der Waals surface area contributed by atoms with Crippen molar-refractivity contribution >= 4 is 34.6 Å². The Kier molecular flexibility index (Phi) is 6.22. The predicted molar refractivity (Wildman–Crippen MR) is 109 cm³/mol. The Bertz CT molecular complexity index is 775. The van der Waals surface area contributed by atoms with Crippen LogP contribution in [0, 0.1) is 0 Å². The summed E-state index contributed by atoms with van der Waals surface area (Å²) in [5, 5.41) is 5.88. The number of ether oxygens (including phenoxy) is 1. The van der Waals surface area contributed by atoms with E-state index in [0.717, 1.165) is 25.2 Å². The summed E-state index contributed by atoms with van der Waals surface area (Å²) in [5.74, 6) is 0.341. The Hall–Kier alpha value is -2.86. The van der Waals surface area contributed by atoms with Gasteiger partial charge in [0, 0.05) is 24.5 Å². The van der Waals surface area contributed by atoms with Gasteiger partial charge in [-0.3, -0.25) is 10.1 Å². The number of nitrogens with zero attached hydrogens (tertiary/aromatic N) is 1. The SMILES string of the molecule is O=C(COc1ccccc1)NC(=S)Nc1ccc(N2CC=CCC2)cc1. The Balaban J connectivity index is 1.45. The molecule has 0 aromatic heterocycles. The molecule has 0 saturated carbocycles. The van der Waals surface area contributed by atoms with Crippen LogP contribution in [0.1, 0.15) is 6.42 Å². The van der Waals surface area contributed by atoms with Gasteiger partial charge in [0.15, 0.2) is 11.7 Å². The molecule has 1 heterocycles. The van der Waals surface area contributed by atoms with Crippen LogP contribution in [0.25, 0.3) is 0 Å². The van der Waals surface area contributed by atoms with Gasteiger partial charge in [-0.1, -0.05) is 30.4 Å². The molecule has 6 heteroatoms. The Morgan fingerprint density at radius 3 is 2.54 bits per heavy atom. The molecule has 134 valence electrons. The number of hydrogen-bond acceptors (Lipinski definition) is 4. The zero-order chi connectivity index (χ0) is 18.2. The number of amides is 1. The van der Waals surface area contributed by atoms with Gasteiger partial charge in [-0.25, -0.2) is 0 Å². The average molecular weight is 367 g/mol. The number of anilines is 2. The topological polar surface area (TPSA) is 53.6 Å². The van der Waals surface area contributed by atoms with Gasteiger partial charge in [-0.2, -0.15) is 0 Å². The van der Waals surface area contributed by atoms with Crippen molar-refractivity contribution in [2.45, 2.75) is 6.42 Å². The zero-order valence-corrected chi connectivity index (χ0v) is 15.2. The van der Waals surface area contributed by atoms with Crippen LogP contribution in [0.4, 0.5) is 11.4 Å². The third-order valence-electron chi connectivity index (χ3n) is 3.91. The lowest BCUT2D eigenvalue weighted by Crippen LogP contribution is -2.37. The highest BCUT2D eigenvalue weighted by atomic mass is 32.1. The third-order valence-corrected chi connectivity index (χ3v) is 4.12. The number of thiocarbonyl (C=S) groups is 1. The largest absolute Gasteiger partial charge is 0.484 e. The van der Waals surface area contributed by atoms with E-state index in [1.165, 1.54) is 5.69 Å². The molecular formula is C20H21N3O2S. The summed E-state index contributed by atoms with van der Waals surface area (Å²) in [6.45, 7) is 1.87. The summed E-state index contributed by atoms with van der Waals surface area (Å²) in [5.41, 5.74) is 2.00. The quantitative estimate of drug-likeness (QED) is 0.627. The van der Waals surface area contributed by atoms with E-state index in [9.17, 15) is 4.79 Å². The molecule has 5 nitrogen and oxygen atoms in total. The van der Waals surface area contributed by atoms with Crippen molar-refractivity contribution in [3.05, 3.63) is 66.7 Å². The molecular weight excluding hydrogens is 346 g/mol. The number of hydrogen-bond donors (Lipinski definition) is 2. The lowest BCUT2D eigenvalue weighted by molar-refractivity contribution is -0.121. The fourth-order valence-electron chi connectivity index (χ4n) is 2.62. The molecule has 0 unspecified atom stereocenters.